The lowest BCUT2D eigenvalue weighted by Gasteiger charge is -2.34. The summed E-state index contributed by atoms with van der Waals surface area (Å²) in [4.78, 5) is 9.57. The first kappa shape index (κ1) is 13.4. The minimum atomic E-state index is 0.886. The van der Waals surface area contributed by atoms with Crippen molar-refractivity contribution in [2.24, 2.45) is 5.92 Å². The van der Waals surface area contributed by atoms with Gasteiger partial charge < -0.3 is 9.80 Å². The van der Waals surface area contributed by atoms with Crippen molar-refractivity contribution in [1.82, 2.24) is 9.88 Å². The fourth-order valence-electron chi connectivity index (χ4n) is 3.27. The highest BCUT2D eigenvalue weighted by molar-refractivity contribution is 9.10. The van der Waals surface area contributed by atoms with Gasteiger partial charge in [-0.25, -0.2) is 4.98 Å². The van der Waals surface area contributed by atoms with Gasteiger partial charge in [0.05, 0.1) is 4.47 Å². The van der Waals surface area contributed by atoms with Crippen molar-refractivity contribution in [1.29, 1.82) is 0 Å². The van der Waals surface area contributed by atoms with E-state index in [2.05, 4.69) is 36.8 Å². The van der Waals surface area contributed by atoms with Crippen LogP contribution < -0.4 is 4.90 Å². The molecule has 19 heavy (non-hydrogen) atoms. The molecule has 0 N–H and O–H groups in total. The van der Waals surface area contributed by atoms with Crippen LogP contribution in [0, 0.1) is 5.92 Å². The Kier molecular flexibility index (Phi) is 4.38. The Bertz CT molecular complexity index is 410. The van der Waals surface area contributed by atoms with Crippen molar-refractivity contribution in [3.8, 4) is 0 Å². The highest BCUT2D eigenvalue weighted by atomic mass is 79.9. The Balaban J connectivity index is 1.53. The summed E-state index contributed by atoms with van der Waals surface area (Å²) in [5, 5.41) is 0. The fraction of sp³-hybridized carbons (Fsp3) is 0.667. The van der Waals surface area contributed by atoms with E-state index in [0.29, 0.717) is 0 Å². The zero-order valence-corrected chi connectivity index (χ0v) is 13.0. The van der Waals surface area contributed by atoms with Crippen molar-refractivity contribution < 1.29 is 0 Å². The highest BCUT2D eigenvalue weighted by Gasteiger charge is 2.24. The van der Waals surface area contributed by atoms with E-state index in [9.17, 15) is 0 Å². The molecule has 1 aromatic heterocycles. The van der Waals surface area contributed by atoms with Gasteiger partial charge >= 0.3 is 0 Å². The largest absolute Gasteiger partial charge is 0.356 e. The first-order valence-electron chi connectivity index (χ1n) is 7.41. The van der Waals surface area contributed by atoms with E-state index in [1.807, 2.05) is 12.3 Å². The molecule has 0 atom stereocenters. The maximum Gasteiger partial charge on any atom is 0.142 e. The van der Waals surface area contributed by atoms with Crippen LogP contribution >= 0.6 is 15.9 Å². The summed E-state index contributed by atoms with van der Waals surface area (Å²) in [6, 6.07) is 4.06. The lowest BCUT2D eigenvalue weighted by atomic mass is 9.96. The summed E-state index contributed by atoms with van der Waals surface area (Å²) in [7, 11) is 0. The molecule has 0 spiro atoms. The van der Waals surface area contributed by atoms with Crippen LogP contribution in [0.3, 0.4) is 0 Å². The lowest BCUT2D eigenvalue weighted by Crippen LogP contribution is -2.38. The monoisotopic (exact) mass is 323 g/mol. The Hall–Kier alpha value is -0.610. The van der Waals surface area contributed by atoms with Gasteiger partial charge in [-0.1, -0.05) is 0 Å². The summed E-state index contributed by atoms with van der Waals surface area (Å²) < 4.78 is 1.12. The summed E-state index contributed by atoms with van der Waals surface area (Å²) in [6.45, 7) is 6.26. The van der Waals surface area contributed by atoms with Crippen molar-refractivity contribution in [3.05, 3.63) is 22.8 Å². The molecule has 0 amide bonds. The highest BCUT2D eigenvalue weighted by Crippen LogP contribution is 2.28. The number of hydrogen-bond donors (Lipinski definition) is 0. The summed E-state index contributed by atoms with van der Waals surface area (Å²) in [6.07, 6.45) is 7.30. The van der Waals surface area contributed by atoms with Crippen LogP contribution in [0.2, 0.25) is 0 Å². The number of halogens is 1. The van der Waals surface area contributed by atoms with E-state index < -0.39 is 0 Å². The van der Waals surface area contributed by atoms with E-state index in [4.69, 9.17) is 0 Å². The van der Waals surface area contributed by atoms with E-state index >= 15 is 0 Å². The molecular weight excluding hydrogens is 302 g/mol. The first-order valence-corrected chi connectivity index (χ1v) is 8.20. The number of pyridine rings is 1. The van der Waals surface area contributed by atoms with E-state index in [1.54, 1.807) is 0 Å². The smallest absolute Gasteiger partial charge is 0.142 e. The second kappa shape index (κ2) is 6.23. The van der Waals surface area contributed by atoms with Gasteiger partial charge in [-0.3, -0.25) is 0 Å². The fourth-order valence-corrected chi connectivity index (χ4v) is 3.77. The molecule has 2 saturated heterocycles. The van der Waals surface area contributed by atoms with Gasteiger partial charge in [0, 0.05) is 25.8 Å². The Morgan fingerprint density at radius 3 is 2.58 bits per heavy atom. The average molecular weight is 324 g/mol. The zero-order chi connectivity index (χ0) is 13.1. The third-order valence-electron chi connectivity index (χ3n) is 4.37. The Morgan fingerprint density at radius 2 is 1.89 bits per heavy atom. The van der Waals surface area contributed by atoms with Crippen molar-refractivity contribution in [2.75, 3.05) is 37.6 Å². The van der Waals surface area contributed by atoms with Crippen molar-refractivity contribution in [2.45, 2.75) is 25.7 Å². The predicted octanol–water partition coefficient (Wildman–Crippen LogP) is 3.16. The van der Waals surface area contributed by atoms with E-state index in [0.717, 1.165) is 29.3 Å². The third-order valence-corrected chi connectivity index (χ3v) is 4.99. The molecule has 0 aliphatic carbocycles. The molecule has 2 aliphatic rings. The molecule has 0 saturated carbocycles. The molecule has 2 fully saturated rings. The standard InChI is InChI=1S/C15H22BrN3/c16-14-4-3-7-17-15(14)19-10-5-13(6-11-19)12-18-8-1-2-9-18/h3-4,7,13H,1-2,5-6,8-12H2. The average Bonchev–Trinajstić information content (AvgIpc) is 2.93. The number of aromatic nitrogens is 1. The molecule has 0 bridgehead atoms. The molecule has 1 aromatic rings. The number of likely N-dealkylation sites (tertiary alicyclic amines) is 1. The van der Waals surface area contributed by atoms with Crippen LogP contribution in [0.15, 0.2) is 22.8 Å². The zero-order valence-electron chi connectivity index (χ0n) is 11.4. The van der Waals surface area contributed by atoms with Gasteiger partial charge in [0.1, 0.15) is 5.82 Å². The minimum Gasteiger partial charge on any atom is -0.356 e. The number of hydrogen-bond acceptors (Lipinski definition) is 3. The molecule has 0 unspecified atom stereocenters. The second-order valence-electron chi connectivity index (χ2n) is 5.75. The second-order valence-corrected chi connectivity index (χ2v) is 6.60. The molecule has 3 heterocycles. The van der Waals surface area contributed by atoms with Gasteiger partial charge in [-0.05, 0) is 72.8 Å². The molecule has 0 aromatic carbocycles. The molecular formula is C15H22BrN3. The van der Waals surface area contributed by atoms with Crippen LogP contribution in [0.1, 0.15) is 25.7 Å². The molecule has 3 rings (SSSR count). The van der Waals surface area contributed by atoms with Crippen molar-refractivity contribution in [3.63, 3.8) is 0 Å². The van der Waals surface area contributed by atoms with Gasteiger partial charge in [-0.15, -0.1) is 0 Å². The third kappa shape index (κ3) is 3.29. The van der Waals surface area contributed by atoms with Gasteiger partial charge in [0.15, 0.2) is 0 Å². The molecule has 104 valence electrons. The van der Waals surface area contributed by atoms with Gasteiger partial charge in [0.2, 0.25) is 0 Å². The van der Waals surface area contributed by atoms with Gasteiger partial charge in [0.25, 0.3) is 0 Å². The predicted molar refractivity (Wildman–Crippen MR) is 82.5 cm³/mol. The van der Waals surface area contributed by atoms with Crippen LogP contribution in [0.4, 0.5) is 5.82 Å². The number of piperidine rings is 1. The number of nitrogens with zero attached hydrogens (tertiary/aromatic N) is 3. The van der Waals surface area contributed by atoms with Crippen LogP contribution in [0.5, 0.6) is 0 Å². The van der Waals surface area contributed by atoms with E-state index in [1.165, 1.54) is 45.3 Å². The van der Waals surface area contributed by atoms with Crippen molar-refractivity contribution >= 4 is 21.7 Å². The van der Waals surface area contributed by atoms with E-state index in [-0.39, 0.29) is 0 Å². The first-order chi connectivity index (χ1) is 9.33. The summed E-state index contributed by atoms with van der Waals surface area (Å²) in [5.41, 5.74) is 0. The summed E-state index contributed by atoms with van der Waals surface area (Å²) >= 11 is 3.61. The number of anilines is 1. The van der Waals surface area contributed by atoms with Crippen LogP contribution in [-0.2, 0) is 0 Å². The van der Waals surface area contributed by atoms with Gasteiger partial charge in [-0.2, -0.15) is 0 Å². The summed E-state index contributed by atoms with van der Waals surface area (Å²) in [5.74, 6) is 2.00. The maximum absolute atomic E-state index is 4.50. The topological polar surface area (TPSA) is 19.4 Å². The molecule has 3 nitrogen and oxygen atoms in total. The van der Waals surface area contributed by atoms with Crippen LogP contribution in [0.25, 0.3) is 0 Å². The van der Waals surface area contributed by atoms with Crippen LogP contribution in [-0.4, -0.2) is 42.6 Å². The molecule has 4 heteroatoms. The quantitative estimate of drug-likeness (QED) is 0.851. The molecule has 2 aliphatic heterocycles. The minimum absolute atomic E-state index is 0.886. The lowest BCUT2D eigenvalue weighted by molar-refractivity contribution is 0.249. The maximum atomic E-state index is 4.50. The SMILES string of the molecule is Brc1cccnc1N1CCC(CN2CCCC2)CC1. The Morgan fingerprint density at radius 1 is 1.16 bits per heavy atom. The normalized spacial score (nSPS) is 22.1. The molecule has 0 radical (unpaired) electrons. The Labute approximate surface area is 124 Å². The number of rotatable bonds is 3.